The zero-order chi connectivity index (χ0) is 18.0. The van der Waals surface area contributed by atoms with E-state index in [1.165, 1.54) is 0 Å². The lowest BCUT2D eigenvalue weighted by Crippen LogP contribution is -2.31. The molecule has 0 radical (unpaired) electrons. The molecule has 1 N–H and O–H groups in total. The molecule has 1 atom stereocenters. The molecule has 6 heteroatoms. The summed E-state index contributed by atoms with van der Waals surface area (Å²) in [5.41, 5.74) is 3.23. The normalized spacial score (nSPS) is 16.1. The Balaban J connectivity index is 2.15. The summed E-state index contributed by atoms with van der Waals surface area (Å²) in [6.07, 6.45) is 0.860. The lowest BCUT2D eigenvalue weighted by molar-refractivity contribution is 0.347. The highest BCUT2D eigenvalue weighted by molar-refractivity contribution is 6.32. The second-order valence-electron chi connectivity index (χ2n) is 5.73. The maximum atomic E-state index is 6.36. The van der Waals surface area contributed by atoms with Crippen LogP contribution < -0.4 is 24.3 Å². The van der Waals surface area contributed by atoms with Crippen molar-refractivity contribution in [2.75, 3.05) is 35.0 Å². The monoisotopic (exact) mass is 363 g/mol. The second-order valence-corrected chi connectivity index (χ2v) is 6.14. The van der Waals surface area contributed by atoms with Gasteiger partial charge in [0.2, 0.25) is 0 Å². The van der Waals surface area contributed by atoms with Crippen LogP contribution in [0.2, 0.25) is 5.02 Å². The van der Waals surface area contributed by atoms with Gasteiger partial charge in [0.25, 0.3) is 0 Å². The van der Waals surface area contributed by atoms with Crippen LogP contribution in [0.15, 0.2) is 24.3 Å². The highest BCUT2D eigenvalue weighted by Gasteiger charge is 2.28. The van der Waals surface area contributed by atoms with Crippen LogP contribution in [-0.2, 0) is 6.42 Å². The number of benzene rings is 2. The standard InChI is InChI=1S/C19H22ClNO4/c1-22-15-6-5-11-12(19(15)25-4)7-8-21-18(11)13-9-14(20)17(24-3)10-16(13)23-2/h5-6,9-10,18,21H,7-8H2,1-4H3. The third kappa shape index (κ3) is 3.10. The predicted molar refractivity (Wildman–Crippen MR) is 97.7 cm³/mol. The fraction of sp³-hybridized carbons (Fsp3) is 0.368. The molecule has 0 saturated carbocycles. The van der Waals surface area contributed by atoms with Crippen LogP contribution in [-0.4, -0.2) is 35.0 Å². The Morgan fingerprint density at radius 3 is 2.24 bits per heavy atom. The Hall–Kier alpha value is -2.11. The number of fused-ring (bicyclic) bond motifs is 1. The van der Waals surface area contributed by atoms with Gasteiger partial charge in [0.1, 0.15) is 11.5 Å². The zero-order valence-corrected chi connectivity index (χ0v) is 15.6. The maximum absolute atomic E-state index is 6.36. The number of nitrogens with one attached hydrogen (secondary N) is 1. The van der Waals surface area contributed by atoms with E-state index in [2.05, 4.69) is 11.4 Å². The van der Waals surface area contributed by atoms with Crippen LogP contribution in [0.5, 0.6) is 23.0 Å². The van der Waals surface area contributed by atoms with Crippen LogP contribution in [0, 0.1) is 0 Å². The SMILES string of the molecule is COc1cc(OC)c(C2NCCc3c2ccc(OC)c3OC)cc1Cl. The van der Waals surface area contributed by atoms with E-state index in [0.717, 1.165) is 46.9 Å². The molecule has 2 aromatic carbocycles. The highest BCUT2D eigenvalue weighted by atomic mass is 35.5. The van der Waals surface area contributed by atoms with Crippen molar-refractivity contribution in [1.82, 2.24) is 5.32 Å². The zero-order valence-electron chi connectivity index (χ0n) is 14.8. The van der Waals surface area contributed by atoms with Crippen molar-refractivity contribution in [3.8, 4) is 23.0 Å². The Morgan fingerprint density at radius 1 is 0.880 bits per heavy atom. The van der Waals surface area contributed by atoms with Crippen LogP contribution in [0.3, 0.4) is 0 Å². The first-order valence-corrected chi connectivity index (χ1v) is 8.40. The van der Waals surface area contributed by atoms with E-state index in [9.17, 15) is 0 Å². The number of halogens is 1. The third-order valence-corrected chi connectivity index (χ3v) is 4.83. The average molecular weight is 364 g/mol. The third-order valence-electron chi connectivity index (χ3n) is 4.53. The largest absolute Gasteiger partial charge is 0.496 e. The van der Waals surface area contributed by atoms with Gasteiger partial charge in [-0.15, -0.1) is 0 Å². The second kappa shape index (κ2) is 7.42. The van der Waals surface area contributed by atoms with Crippen molar-refractivity contribution >= 4 is 11.6 Å². The first-order valence-electron chi connectivity index (χ1n) is 8.03. The molecule has 5 nitrogen and oxygen atoms in total. The molecule has 0 bridgehead atoms. The van der Waals surface area contributed by atoms with E-state index in [0.29, 0.717) is 10.8 Å². The van der Waals surface area contributed by atoms with Gasteiger partial charge in [-0.05, 0) is 24.1 Å². The summed E-state index contributed by atoms with van der Waals surface area (Å²) in [5.74, 6) is 2.83. The molecule has 3 rings (SSSR count). The summed E-state index contributed by atoms with van der Waals surface area (Å²) in [6.45, 7) is 0.813. The van der Waals surface area contributed by atoms with Gasteiger partial charge < -0.3 is 24.3 Å². The fourth-order valence-electron chi connectivity index (χ4n) is 3.37. The molecule has 0 saturated heterocycles. The van der Waals surface area contributed by atoms with Crippen LogP contribution in [0.25, 0.3) is 0 Å². The first kappa shape index (κ1) is 17.7. The van der Waals surface area contributed by atoms with Crippen molar-refractivity contribution in [2.24, 2.45) is 0 Å². The van der Waals surface area contributed by atoms with E-state index in [1.54, 1.807) is 28.4 Å². The van der Waals surface area contributed by atoms with E-state index in [4.69, 9.17) is 30.5 Å². The van der Waals surface area contributed by atoms with Gasteiger partial charge in [-0.2, -0.15) is 0 Å². The van der Waals surface area contributed by atoms with Gasteiger partial charge in [0.05, 0.1) is 39.5 Å². The molecule has 0 aliphatic carbocycles. The van der Waals surface area contributed by atoms with Crippen LogP contribution in [0.1, 0.15) is 22.7 Å². The quantitative estimate of drug-likeness (QED) is 0.879. The molecule has 134 valence electrons. The smallest absolute Gasteiger partial charge is 0.164 e. The minimum Gasteiger partial charge on any atom is -0.496 e. The minimum absolute atomic E-state index is 0.0538. The maximum Gasteiger partial charge on any atom is 0.164 e. The Labute approximate surface area is 152 Å². The topological polar surface area (TPSA) is 49.0 Å². The van der Waals surface area contributed by atoms with E-state index >= 15 is 0 Å². The molecule has 0 amide bonds. The van der Waals surface area contributed by atoms with Crippen molar-refractivity contribution in [1.29, 1.82) is 0 Å². The minimum atomic E-state index is -0.0538. The van der Waals surface area contributed by atoms with Crippen molar-refractivity contribution < 1.29 is 18.9 Å². The summed E-state index contributed by atoms with van der Waals surface area (Å²) in [5, 5.41) is 4.09. The van der Waals surface area contributed by atoms with Gasteiger partial charge in [0, 0.05) is 23.7 Å². The number of rotatable bonds is 5. The molecule has 25 heavy (non-hydrogen) atoms. The Kier molecular flexibility index (Phi) is 5.25. The summed E-state index contributed by atoms with van der Waals surface area (Å²) in [4.78, 5) is 0. The first-order chi connectivity index (χ1) is 12.1. The molecule has 1 unspecified atom stereocenters. The highest BCUT2D eigenvalue weighted by Crippen LogP contribution is 2.43. The Bertz CT molecular complexity index is 779. The van der Waals surface area contributed by atoms with Crippen molar-refractivity contribution in [2.45, 2.75) is 12.5 Å². The summed E-state index contributed by atoms with van der Waals surface area (Å²) < 4.78 is 21.9. The molecule has 1 aliphatic rings. The lowest BCUT2D eigenvalue weighted by atomic mass is 9.88. The molecule has 0 aromatic heterocycles. The number of hydrogen-bond acceptors (Lipinski definition) is 5. The van der Waals surface area contributed by atoms with Crippen LogP contribution >= 0.6 is 11.6 Å². The van der Waals surface area contributed by atoms with Crippen molar-refractivity contribution in [3.63, 3.8) is 0 Å². The molecule has 1 heterocycles. The molecule has 0 fully saturated rings. The Morgan fingerprint density at radius 2 is 1.60 bits per heavy atom. The van der Waals surface area contributed by atoms with Gasteiger partial charge in [-0.3, -0.25) is 0 Å². The van der Waals surface area contributed by atoms with E-state index in [-0.39, 0.29) is 6.04 Å². The van der Waals surface area contributed by atoms with Gasteiger partial charge in [0.15, 0.2) is 11.5 Å². The van der Waals surface area contributed by atoms with Gasteiger partial charge in [-0.1, -0.05) is 17.7 Å². The fourth-order valence-corrected chi connectivity index (χ4v) is 3.62. The molecule has 2 aromatic rings. The van der Waals surface area contributed by atoms with Gasteiger partial charge >= 0.3 is 0 Å². The number of hydrogen-bond donors (Lipinski definition) is 1. The van der Waals surface area contributed by atoms with Gasteiger partial charge in [-0.25, -0.2) is 0 Å². The molecular formula is C19H22ClNO4. The lowest BCUT2D eigenvalue weighted by Gasteiger charge is -2.30. The van der Waals surface area contributed by atoms with Crippen molar-refractivity contribution in [3.05, 3.63) is 46.0 Å². The molecule has 1 aliphatic heterocycles. The van der Waals surface area contributed by atoms with E-state index < -0.39 is 0 Å². The molecular weight excluding hydrogens is 342 g/mol. The summed E-state index contributed by atoms with van der Waals surface area (Å²) in [7, 11) is 6.55. The van der Waals surface area contributed by atoms with Crippen LogP contribution in [0.4, 0.5) is 0 Å². The number of methoxy groups -OCH3 is 4. The van der Waals surface area contributed by atoms with E-state index in [1.807, 2.05) is 18.2 Å². The average Bonchev–Trinajstić information content (AvgIpc) is 2.66. The number of ether oxygens (including phenoxy) is 4. The summed E-state index contributed by atoms with van der Waals surface area (Å²) in [6, 6.07) is 7.64. The summed E-state index contributed by atoms with van der Waals surface area (Å²) >= 11 is 6.36. The predicted octanol–water partition coefficient (Wildman–Crippen LogP) is 3.61. The molecule has 0 spiro atoms.